The van der Waals surface area contributed by atoms with Gasteiger partial charge in [0.25, 0.3) is 0 Å². The second-order valence-electron chi connectivity index (χ2n) is 4.32. The van der Waals surface area contributed by atoms with E-state index < -0.39 is 0 Å². The molecule has 0 radical (unpaired) electrons. The van der Waals surface area contributed by atoms with E-state index >= 15 is 0 Å². The van der Waals surface area contributed by atoms with E-state index in [4.69, 9.17) is 0 Å². The molecule has 0 bridgehead atoms. The van der Waals surface area contributed by atoms with Gasteiger partial charge in [-0.05, 0) is 12.5 Å². The Labute approximate surface area is 75.3 Å². The molecule has 0 aliphatic rings. The molecular formula is C9H17BN2+2. The van der Waals surface area contributed by atoms with Crippen LogP contribution >= 0.6 is 0 Å². The third-order valence-corrected chi connectivity index (χ3v) is 1.65. The van der Waals surface area contributed by atoms with Gasteiger partial charge in [0.05, 0.1) is 21.1 Å². The Bertz CT molecular complexity index is 248. The molecule has 1 aromatic heterocycles. The smallest absolute Gasteiger partial charge is 0.336 e. The van der Waals surface area contributed by atoms with Gasteiger partial charge in [-0.2, -0.15) is 0 Å². The van der Waals surface area contributed by atoms with Crippen molar-refractivity contribution < 1.29 is 8.87 Å². The van der Waals surface area contributed by atoms with Crippen LogP contribution in [0.3, 0.4) is 0 Å². The third kappa shape index (κ3) is 3.05. The number of quaternary nitrogens is 1. The summed E-state index contributed by atoms with van der Waals surface area (Å²) in [6.07, 6.45) is 4.25. The van der Waals surface area contributed by atoms with Gasteiger partial charge < -0.3 is 4.39 Å². The average Bonchev–Trinajstić information content (AvgIpc) is 1.91. The summed E-state index contributed by atoms with van der Waals surface area (Å²) in [7, 11) is 7.58. The fraction of sp³-hybridized carbons (Fsp3) is 0.444. The van der Waals surface area contributed by atoms with Crippen molar-refractivity contribution in [1.29, 1.82) is 0 Å². The van der Waals surface area contributed by atoms with E-state index in [-0.39, 0.29) is 0 Å². The van der Waals surface area contributed by atoms with E-state index in [9.17, 15) is 0 Å². The molecule has 3 heteroatoms. The summed E-state index contributed by atoms with van der Waals surface area (Å²) in [5.74, 6) is 0. The highest BCUT2D eigenvalue weighted by molar-refractivity contribution is 6.13. The van der Waals surface area contributed by atoms with Crippen LogP contribution in [0.2, 0.25) is 0 Å². The van der Waals surface area contributed by atoms with Crippen LogP contribution in [0.5, 0.6) is 0 Å². The zero-order valence-corrected chi connectivity index (χ0v) is 8.41. The predicted molar refractivity (Wildman–Crippen MR) is 52.0 cm³/mol. The van der Waals surface area contributed by atoms with E-state index in [1.54, 1.807) is 0 Å². The van der Waals surface area contributed by atoms with Crippen LogP contribution in [0.1, 0.15) is 5.56 Å². The molecule has 64 valence electrons. The maximum atomic E-state index is 2.20. The van der Waals surface area contributed by atoms with Gasteiger partial charge >= 0.3 is 7.55 Å². The first kappa shape index (κ1) is 9.26. The van der Waals surface area contributed by atoms with Crippen molar-refractivity contribution in [1.82, 2.24) is 0 Å². The van der Waals surface area contributed by atoms with Gasteiger partial charge in [-0.1, -0.05) is 0 Å². The molecule has 0 fully saturated rings. The topological polar surface area (TPSA) is 3.88 Å². The van der Waals surface area contributed by atoms with Gasteiger partial charge in [-0.25, -0.2) is 4.48 Å². The number of hydrogen-bond donors (Lipinski definition) is 0. The molecule has 12 heavy (non-hydrogen) atoms. The molecule has 0 unspecified atom stereocenters. The van der Waals surface area contributed by atoms with Crippen molar-refractivity contribution in [2.75, 3.05) is 21.1 Å². The Balaban J connectivity index is 2.71. The normalized spacial score (nSPS) is 11.3. The fourth-order valence-electron chi connectivity index (χ4n) is 1.12. The Morgan fingerprint density at radius 1 is 1.17 bits per heavy atom. The van der Waals surface area contributed by atoms with Gasteiger partial charge in [0, 0.05) is 12.1 Å². The number of nitrogens with zero attached hydrogens (tertiary/aromatic N) is 2. The van der Waals surface area contributed by atoms with Crippen molar-refractivity contribution in [2.24, 2.45) is 0 Å². The quantitative estimate of drug-likeness (QED) is 0.546. The SMILES string of the molecule is Cc1cc[n+](B[N+](C)(C)C)cc1. The van der Waals surface area contributed by atoms with Gasteiger partial charge in [-0.15, -0.1) is 0 Å². The maximum Gasteiger partial charge on any atom is 0.741 e. The van der Waals surface area contributed by atoms with Gasteiger partial charge in [-0.3, -0.25) is 0 Å². The Kier molecular flexibility index (Phi) is 2.53. The first-order chi connectivity index (χ1) is 5.47. The van der Waals surface area contributed by atoms with Crippen molar-refractivity contribution >= 4 is 7.55 Å². The summed E-state index contributed by atoms with van der Waals surface area (Å²) in [4.78, 5) is 0. The highest BCUT2D eigenvalue weighted by atomic mass is 15.3. The van der Waals surface area contributed by atoms with Crippen LogP contribution in [-0.4, -0.2) is 33.1 Å². The van der Waals surface area contributed by atoms with Crippen LogP contribution < -0.4 is 4.48 Å². The van der Waals surface area contributed by atoms with E-state index in [1.165, 1.54) is 5.56 Å². The minimum absolute atomic E-state index is 0.952. The van der Waals surface area contributed by atoms with Crippen molar-refractivity contribution in [3.05, 3.63) is 30.1 Å². The Morgan fingerprint density at radius 2 is 1.67 bits per heavy atom. The lowest BCUT2D eigenvalue weighted by atomic mass is 10.1. The molecule has 0 saturated carbocycles. The first-order valence-electron chi connectivity index (χ1n) is 4.23. The van der Waals surface area contributed by atoms with Crippen LogP contribution in [0.4, 0.5) is 0 Å². The molecule has 0 amide bonds. The molecular weight excluding hydrogens is 147 g/mol. The zero-order valence-electron chi connectivity index (χ0n) is 8.41. The summed E-state index contributed by atoms with van der Waals surface area (Å²) in [6, 6.07) is 4.27. The van der Waals surface area contributed by atoms with E-state index in [0.717, 1.165) is 11.9 Å². The summed E-state index contributed by atoms with van der Waals surface area (Å²) < 4.78 is 3.15. The largest absolute Gasteiger partial charge is 0.741 e. The number of hydrogen-bond acceptors (Lipinski definition) is 0. The standard InChI is InChI=1S/C9H17BN2/c1-9-5-7-11(8-6-9)10-12(2,3)4/h5-8,10H,1-4H3/q+2. The second kappa shape index (κ2) is 3.27. The molecule has 0 aromatic carbocycles. The minimum Gasteiger partial charge on any atom is -0.336 e. The van der Waals surface area contributed by atoms with Crippen LogP contribution in [0.25, 0.3) is 0 Å². The van der Waals surface area contributed by atoms with E-state index in [2.05, 4.69) is 57.1 Å². The molecule has 1 heterocycles. The van der Waals surface area contributed by atoms with Gasteiger partial charge in [0.1, 0.15) is 12.4 Å². The monoisotopic (exact) mass is 164 g/mol. The minimum atomic E-state index is 0.952. The first-order valence-corrected chi connectivity index (χ1v) is 4.23. The van der Waals surface area contributed by atoms with Crippen LogP contribution in [0.15, 0.2) is 24.5 Å². The lowest BCUT2D eigenvalue weighted by Gasteiger charge is -2.17. The van der Waals surface area contributed by atoms with E-state index in [0.29, 0.717) is 0 Å². The van der Waals surface area contributed by atoms with Gasteiger partial charge in [0.15, 0.2) is 0 Å². The van der Waals surface area contributed by atoms with Crippen molar-refractivity contribution in [3.8, 4) is 0 Å². The number of rotatable bonds is 2. The number of pyridine rings is 1. The maximum absolute atomic E-state index is 2.20. The fourth-order valence-corrected chi connectivity index (χ4v) is 1.12. The lowest BCUT2D eigenvalue weighted by molar-refractivity contribution is -0.807. The third-order valence-electron chi connectivity index (χ3n) is 1.65. The summed E-state index contributed by atoms with van der Waals surface area (Å²) in [6.45, 7) is 2.11. The summed E-state index contributed by atoms with van der Waals surface area (Å²) in [5.41, 5.74) is 1.31. The van der Waals surface area contributed by atoms with Crippen molar-refractivity contribution in [2.45, 2.75) is 6.92 Å². The molecule has 1 aromatic rings. The highest BCUT2D eigenvalue weighted by Gasteiger charge is 2.22. The number of aryl methyl sites for hydroxylation is 1. The second-order valence-corrected chi connectivity index (χ2v) is 4.32. The highest BCUT2D eigenvalue weighted by Crippen LogP contribution is 1.90. The summed E-state index contributed by atoms with van der Waals surface area (Å²) in [5, 5.41) is 0. The molecule has 0 atom stereocenters. The lowest BCUT2D eigenvalue weighted by Crippen LogP contribution is -2.56. The molecule has 1 rings (SSSR count). The summed E-state index contributed by atoms with van der Waals surface area (Å²) >= 11 is 0. The molecule has 2 nitrogen and oxygen atoms in total. The molecule has 0 saturated heterocycles. The van der Waals surface area contributed by atoms with Crippen molar-refractivity contribution in [3.63, 3.8) is 0 Å². The number of aromatic nitrogens is 1. The van der Waals surface area contributed by atoms with Gasteiger partial charge in [0.2, 0.25) is 0 Å². The Morgan fingerprint density at radius 3 is 2.08 bits per heavy atom. The molecule has 0 spiro atoms. The average molecular weight is 164 g/mol. The zero-order chi connectivity index (χ0) is 9.19. The Hall–Kier alpha value is -0.825. The van der Waals surface area contributed by atoms with Crippen LogP contribution in [-0.2, 0) is 0 Å². The molecule has 0 aliphatic carbocycles. The molecule has 0 aliphatic heterocycles. The van der Waals surface area contributed by atoms with E-state index in [1.807, 2.05) is 0 Å². The predicted octanol–water partition coefficient (Wildman–Crippen LogP) is 0.103. The molecule has 0 N–H and O–H groups in total. The van der Waals surface area contributed by atoms with Crippen LogP contribution in [0, 0.1) is 6.92 Å².